The SMILES string of the molecule is c1ccc(C2N=C(C3(C4=NC(c5ccccc5)C(c5ccccc5)O4)CCCCCC3)OC2c2ccccc2)cc1. The van der Waals surface area contributed by atoms with Gasteiger partial charge in [0.15, 0.2) is 12.2 Å². The first-order valence-electron chi connectivity index (χ1n) is 15.0. The normalized spacial score (nSPS) is 25.4. The lowest BCUT2D eigenvalue weighted by molar-refractivity contribution is 0.150. The molecule has 7 rings (SSSR count). The summed E-state index contributed by atoms with van der Waals surface area (Å²) in [6, 6.07) is 41.9. The number of benzene rings is 4. The minimum Gasteiger partial charge on any atom is -0.469 e. The topological polar surface area (TPSA) is 43.2 Å². The van der Waals surface area contributed by atoms with Crippen molar-refractivity contribution in [3.05, 3.63) is 144 Å². The molecule has 1 aliphatic carbocycles. The minimum atomic E-state index is -0.483. The van der Waals surface area contributed by atoms with E-state index in [1.165, 1.54) is 24.0 Å². The van der Waals surface area contributed by atoms with E-state index in [4.69, 9.17) is 19.5 Å². The van der Waals surface area contributed by atoms with Crippen LogP contribution in [-0.4, -0.2) is 11.8 Å². The van der Waals surface area contributed by atoms with E-state index in [-0.39, 0.29) is 24.3 Å². The molecule has 41 heavy (non-hydrogen) atoms. The molecule has 0 bridgehead atoms. The molecule has 0 aromatic heterocycles. The maximum atomic E-state index is 7.00. The van der Waals surface area contributed by atoms with Gasteiger partial charge in [-0.25, -0.2) is 9.98 Å². The number of ether oxygens (including phenoxy) is 2. The van der Waals surface area contributed by atoms with E-state index in [0.29, 0.717) is 0 Å². The van der Waals surface area contributed by atoms with Crippen molar-refractivity contribution in [3.8, 4) is 0 Å². The van der Waals surface area contributed by atoms with Crippen molar-refractivity contribution in [1.82, 2.24) is 0 Å². The largest absolute Gasteiger partial charge is 0.469 e. The molecule has 4 aromatic carbocycles. The Balaban J connectivity index is 1.33. The first-order chi connectivity index (χ1) is 20.3. The van der Waals surface area contributed by atoms with Gasteiger partial charge in [0.25, 0.3) is 0 Å². The Morgan fingerprint density at radius 1 is 0.439 bits per heavy atom. The van der Waals surface area contributed by atoms with Crippen LogP contribution in [0.2, 0.25) is 0 Å². The Labute approximate surface area is 242 Å². The van der Waals surface area contributed by atoms with Crippen LogP contribution in [-0.2, 0) is 9.47 Å². The zero-order valence-corrected chi connectivity index (χ0v) is 23.3. The summed E-state index contributed by atoms with van der Waals surface area (Å²) in [4.78, 5) is 10.9. The van der Waals surface area contributed by atoms with E-state index < -0.39 is 5.41 Å². The third kappa shape index (κ3) is 4.97. The molecule has 0 radical (unpaired) electrons. The van der Waals surface area contributed by atoms with E-state index >= 15 is 0 Å². The zero-order chi connectivity index (χ0) is 27.5. The van der Waals surface area contributed by atoms with Crippen molar-refractivity contribution >= 4 is 11.8 Å². The molecule has 3 aliphatic rings. The van der Waals surface area contributed by atoms with Gasteiger partial charge in [-0.3, -0.25) is 0 Å². The Kier molecular flexibility index (Phi) is 7.14. The van der Waals surface area contributed by atoms with E-state index in [9.17, 15) is 0 Å². The van der Waals surface area contributed by atoms with Crippen LogP contribution in [0.4, 0.5) is 0 Å². The van der Waals surface area contributed by atoms with Gasteiger partial charge in [-0.1, -0.05) is 147 Å². The van der Waals surface area contributed by atoms with Crippen LogP contribution >= 0.6 is 0 Å². The van der Waals surface area contributed by atoms with E-state index in [2.05, 4.69) is 121 Å². The van der Waals surface area contributed by atoms with Gasteiger partial charge in [0.05, 0.1) is 0 Å². The first-order valence-corrected chi connectivity index (χ1v) is 15.0. The number of nitrogens with zero attached hydrogens (tertiary/aromatic N) is 2. The molecule has 0 spiro atoms. The van der Waals surface area contributed by atoms with Gasteiger partial charge in [0, 0.05) is 0 Å². The van der Waals surface area contributed by atoms with Gasteiger partial charge >= 0.3 is 0 Å². The van der Waals surface area contributed by atoms with E-state index in [1.54, 1.807) is 0 Å². The Morgan fingerprint density at radius 3 is 1.15 bits per heavy atom. The molecular weight excluding hydrogens is 504 g/mol. The quantitative estimate of drug-likeness (QED) is 0.229. The second-order valence-electron chi connectivity index (χ2n) is 11.5. The zero-order valence-electron chi connectivity index (χ0n) is 23.3. The predicted octanol–water partition coefficient (Wildman–Crippen LogP) is 9.15. The lowest BCUT2D eigenvalue weighted by Crippen LogP contribution is -2.40. The Bertz CT molecular complexity index is 1390. The van der Waals surface area contributed by atoms with Gasteiger partial charge in [-0.15, -0.1) is 0 Å². The number of rotatable bonds is 6. The Morgan fingerprint density at radius 2 is 0.780 bits per heavy atom. The van der Waals surface area contributed by atoms with Crippen molar-refractivity contribution < 1.29 is 9.47 Å². The highest BCUT2D eigenvalue weighted by Gasteiger charge is 2.52. The van der Waals surface area contributed by atoms with Gasteiger partial charge in [0.2, 0.25) is 11.8 Å². The molecule has 2 aliphatic heterocycles. The van der Waals surface area contributed by atoms with Crippen molar-refractivity contribution in [2.45, 2.75) is 62.8 Å². The van der Waals surface area contributed by atoms with Crippen molar-refractivity contribution in [2.24, 2.45) is 15.4 Å². The molecule has 2 heterocycles. The summed E-state index contributed by atoms with van der Waals surface area (Å²) < 4.78 is 14.0. The summed E-state index contributed by atoms with van der Waals surface area (Å²) in [5.74, 6) is 1.59. The number of aliphatic imine (C=N–C) groups is 2. The second-order valence-corrected chi connectivity index (χ2v) is 11.5. The van der Waals surface area contributed by atoms with Gasteiger partial charge in [-0.05, 0) is 35.1 Å². The monoisotopic (exact) mass is 540 g/mol. The Hall–Kier alpha value is -4.18. The molecule has 0 N–H and O–H groups in total. The molecule has 206 valence electrons. The standard InChI is InChI=1S/C37H36N2O2/c1-2-16-26-37(25-15-1,35-38-31(27-17-7-3-8-18-27)33(40-35)29-21-11-5-12-22-29)36-39-32(28-19-9-4-10-20-28)34(41-36)30-23-13-6-14-24-30/h3-14,17-24,31-34H,1-2,15-16,25-26H2. The molecule has 4 atom stereocenters. The average Bonchev–Trinajstić information content (AvgIpc) is 3.63. The van der Waals surface area contributed by atoms with Crippen LogP contribution in [0.25, 0.3) is 0 Å². The van der Waals surface area contributed by atoms with Crippen LogP contribution in [0.15, 0.2) is 131 Å². The molecule has 4 heteroatoms. The predicted molar refractivity (Wildman–Crippen MR) is 164 cm³/mol. The lowest BCUT2D eigenvalue weighted by Gasteiger charge is -2.32. The van der Waals surface area contributed by atoms with Crippen LogP contribution in [0.1, 0.15) is 85.1 Å². The van der Waals surface area contributed by atoms with Crippen LogP contribution in [0.5, 0.6) is 0 Å². The molecule has 4 aromatic rings. The third-order valence-corrected chi connectivity index (χ3v) is 8.88. The van der Waals surface area contributed by atoms with Crippen LogP contribution in [0.3, 0.4) is 0 Å². The van der Waals surface area contributed by atoms with Gasteiger partial charge < -0.3 is 9.47 Å². The van der Waals surface area contributed by atoms with E-state index in [0.717, 1.165) is 48.6 Å². The average molecular weight is 541 g/mol. The molecule has 0 amide bonds. The maximum absolute atomic E-state index is 7.00. The molecule has 4 unspecified atom stereocenters. The van der Waals surface area contributed by atoms with Crippen molar-refractivity contribution in [1.29, 1.82) is 0 Å². The van der Waals surface area contributed by atoms with Crippen molar-refractivity contribution in [2.75, 3.05) is 0 Å². The summed E-state index contributed by atoms with van der Waals surface area (Å²) in [6.45, 7) is 0. The smallest absolute Gasteiger partial charge is 0.200 e. The van der Waals surface area contributed by atoms with Gasteiger partial charge in [0.1, 0.15) is 17.5 Å². The molecule has 1 saturated carbocycles. The van der Waals surface area contributed by atoms with Gasteiger partial charge in [-0.2, -0.15) is 0 Å². The summed E-state index contributed by atoms with van der Waals surface area (Å²) in [7, 11) is 0. The van der Waals surface area contributed by atoms with Crippen molar-refractivity contribution in [3.63, 3.8) is 0 Å². The fourth-order valence-corrected chi connectivity index (χ4v) is 6.73. The fraction of sp³-hybridized carbons (Fsp3) is 0.297. The molecule has 1 fully saturated rings. The highest BCUT2D eigenvalue weighted by molar-refractivity contribution is 6.06. The highest BCUT2D eigenvalue weighted by Crippen LogP contribution is 2.52. The summed E-state index contributed by atoms with van der Waals surface area (Å²) in [5, 5.41) is 0. The summed E-state index contributed by atoms with van der Waals surface area (Å²) in [6.07, 6.45) is 6.09. The van der Waals surface area contributed by atoms with E-state index in [1.807, 2.05) is 0 Å². The molecular formula is C37H36N2O2. The van der Waals surface area contributed by atoms with Crippen LogP contribution < -0.4 is 0 Å². The fourth-order valence-electron chi connectivity index (χ4n) is 6.73. The minimum absolute atomic E-state index is 0.120. The summed E-state index contributed by atoms with van der Waals surface area (Å²) in [5.41, 5.74) is 4.13. The molecule has 4 nitrogen and oxygen atoms in total. The van der Waals surface area contributed by atoms with Crippen LogP contribution in [0, 0.1) is 5.41 Å². The number of hydrogen-bond acceptors (Lipinski definition) is 4. The first kappa shape index (κ1) is 25.8. The third-order valence-electron chi connectivity index (χ3n) is 8.88. The highest BCUT2D eigenvalue weighted by atomic mass is 16.5. The number of hydrogen-bond donors (Lipinski definition) is 0. The lowest BCUT2D eigenvalue weighted by atomic mass is 9.79. The maximum Gasteiger partial charge on any atom is 0.200 e. The molecule has 0 saturated heterocycles. The summed E-state index contributed by atoms with van der Waals surface area (Å²) >= 11 is 0. The second kappa shape index (κ2) is 11.4.